The highest BCUT2D eigenvalue weighted by Gasteiger charge is 2.29. The van der Waals surface area contributed by atoms with Gasteiger partial charge in [-0.05, 0) is 63.5 Å². The number of rotatable bonds is 3. The van der Waals surface area contributed by atoms with Crippen LogP contribution in [0.15, 0.2) is 49.2 Å². The molecule has 1 unspecified atom stereocenters. The van der Waals surface area contributed by atoms with Crippen LogP contribution in [0.5, 0.6) is 11.5 Å². The number of hydrogen-bond donors (Lipinski definition) is 2. The summed E-state index contributed by atoms with van der Waals surface area (Å²) in [5, 5.41) is 19.3. The first-order chi connectivity index (χ1) is 11.0. The molecule has 1 aliphatic heterocycles. The molecule has 0 radical (unpaired) electrons. The molecule has 3 rings (SSSR count). The van der Waals surface area contributed by atoms with Gasteiger partial charge < -0.3 is 19.9 Å². The highest BCUT2D eigenvalue weighted by Crippen LogP contribution is 2.43. The number of carbonyl (C=O) groups is 1. The van der Waals surface area contributed by atoms with Crippen LogP contribution in [-0.2, 0) is 4.79 Å². The molecule has 0 aliphatic carbocycles. The number of aromatic hydroxyl groups is 2. The van der Waals surface area contributed by atoms with Gasteiger partial charge in [0, 0.05) is 21.9 Å². The predicted molar refractivity (Wildman–Crippen MR) is 94.5 cm³/mol. The Balaban J connectivity index is 2.21. The van der Waals surface area contributed by atoms with E-state index in [9.17, 15) is 15.0 Å². The summed E-state index contributed by atoms with van der Waals surface area (Å²) in [7, 11) is 0. The highest BCUT2D eigenvalue weighted by atomic mass is 79.9. The zero-order valence-electron chi connectivity index (χ0n) is 12.1. The van der Waals surface area contributed by atoms with Crippen molar-refractivity contribution in [2.24, 2.45) is 0 Å². The monoisotopic (exact) mass is 371 g/mol. The fourth-order valence-corrected chi connectivity index (χ4v) is 3.31. The zero-order chi connectivity index (χ0) is 16.6. The average molecular weight is 372 g/mol. The Morgan fingerprint density at radius 2 is 1.83 bits per heavy atom. The lowest BCUT2D eigenvalue weighted by molar-refractivity contribution is -0.109. The van der Waals surface area contributed by atoms with Gasteiger partial charge in [0.05, 0.1) is 0 Å². The van der Waals surface area contributed by atoms with Crippen LogP contribution in [0.25, 0.3) is 10.6 Å². The van der Waals surface area contributed by atoms with Crippen molar-refractivity contribution >= 4 is 38.5 Å². The minimum absolute atomic E-state index is 0.117. The van der Waals surface area contributed by atoms with Crippen molar-refractivity contribution < 1.29 is 15.0 Å². The number of benzene rings is 2. The normalized spacial score (nSPS) is 16.5. The first-order valence-corrected chi connectivity index (χ1v) is 7.74. The van der Waals surface area contributed by atoms with Crippen LogP contribution in [0, 0.1) is 0 Å². The number of nitrogens with zero attached hydrogens (tertiary/aromatic N) is 1. The summed E-state index contributed by atoms with van der Waals surface area (Å²) in [6.45, 7) is 3.77. The molecule has 1 heterocycles. The van der Waals surface area contributed by atoms with Crippen molar-refractivity contribution in [3.8, 4) is 11.5 Å². The van der Waals surface area contributed by atoms with E-state index < -0.39 is 6.04 Å². The van der Waals surface area contributed by atoms with Crippen LogP contribution in [0.3, 0.4) is 0 Å². The lowest BCUT2D eigenvalue weighted by Gasteiger charge is -2.34. The quantitative estimate of drug-likeness (QED) is 0.793. The predicted octanol–water partition coefficient (Wildman–Crippen LogP) is 4.19. The Bertz CT molecular complexity index is 812. The summed E-state index contributed by atoms with van der Waals surface area (Å²) in [6.07, 6.45) is 4.27. The maximum atomic E-state index is 11.8. The summed E-state index contributed by atoms with van der Waals surface area (Å²) in [4.78, 5) is 13.6. The van der Waals surface area contributed by atoms with Crippen LogP contribution < -0.4 is 4.90 Å². The molecule has 2 aromatic rings. The van der Waals surface area contributed by atoms with Gasteiger partial charge in [-0.2, -0.15) is 0 Å². The molecule has 0 saturated carbocycles. The summed E-state index contributed by atoms with van der Waals surface area (Å²) in [5.74, 6) is 0.278. The van der Waals surface area contributed by atoms with E-state index >= 15 is 0 Å². The second-order valence-electron chi connectivity index (χ2n) is 5.18. The fourth-order valence-electron chi connectivity index (χ4n) is 2.76. The Morgan fingerprint density at radius 1 is 1.13 bits per heavy atom. The summed E-state index contributed by atoms with van der Waals surface area (Å²) in [5.41, 5.74) is 3.00. The molecule has 2 N–H and O–H groups in total. The van der Waals surface area contributed by atoms with E-state index in [4.69, 9.17) is 0 Å². The number of phenols is 2. The molecule has 4 nitrogen and oxygen atoms in total. The van der Waals surface area contributed by atoms with Gasteiger partial charge in [0.15, 0.2) is 0 Å². The molecule has 0 spiro atoms. The maximum Gasteiger partial charge on any atom is 0.147 e. The number of aldehydes is 1. The second-order valence-corrected chi connectivity index (χ2v) is 6.04. The first kappa shape index (κ1) is 15.4. The Hall–Kier alpha value is -2.53. The summed E-state index contributed by atoms with van der Waals surface area (Å²) in [6, 6.07) is 9.27. The van der Waals surface area contributed by atoms with E-state index in [-0.39, 0.29) is 11.5 Å². The minimum atomic E-state index is -0.551. The summed E-state index contributed by atoms with van der Waals surface area (Å²) < 4.78 is 0.748. The highest BCUT2D eigenvalue weighted by molar-refractivity contribution is 9.15. The molecule has 0 aromatic heterocycles. The lowest BCUT2D eigenvalue weighted by atomic mass is 9.91. The van der Waals surface area contributed by atoms with Crippen LogP contribution in [0.2, 0.25) is 0 Å². The Morgan fingerprint density at radius 3 is 2.43 bits per heavy atom. The van der Waals surface area contributed by atoms with Crippen molar-refractivity contribution in [3.05, 3.63) is 65.9 Å². The van der Waals surface area contributed by atoms with Gasteiger partial charge in [-0.25, -0.2) is 0 Å². The lowest BCUT2D eigenvalue weighted by Crippen LogP contribution is -2.29. The van der Waals surface area contributed by atoms with Crippen molar-refractivity contribution in [2.75, 3.05) is 4.90 Å². The van der Waals surface area contributed by atoms with E-state index in [1.54, 1.807) is 48.7 Å². The molecule has 1 atom stereocenters. The Kier molecular flexibility index (Phi) is 3.96. The molecule has 0 bridgehead atoms. The van der Waals surface area contributed by atoms with Gasteiger partial charge in [-0.1, -0.05) is 12.7 Å². The molecule has 1 aliphatic rings. The number of fused-ring (bicyclic) bond motifs is 1. The molecule has 116 valence electrons. The van der Waals surface area contributed by atoms with Gasteiger partial charge in [0.2, 0.25) is 0 Å². The third-order valence-electron chi connectivity index (χ3n) is 3.80. The van der Waals surface area contributed by atoms with E-state index in [1.807, 2.05) is 4.90 Å². The smallest absolute Gasteiger partial charge is 0.147 e. The van der Waals surface area contributed by atoms with Crippen molar-refractivity contribution in [1.82, 2.24) is 0 Å². The number of halogens is 1. The SMILES string of the molecule is C=Cc1cc(O)cc2c1C(C=O)N(c1ccc(O)cc1)C=C2Br. The standard InChI is InChI=1S/C18H14BrNO3/c1-2-11-7-14(23)8-15-16(19)9-20(17(10-21)18(11)15)12-3-5-13(22)6-4-12/h2-10,17,22-23H,1H2. The molecule has 23 heavy (non-hydrogen) atoms. The van der Waals surface area contributed by atoms with Gasteiger partial charge >= 0.3 is 0 Å². The van der Waals surface area contributed by atoms with Crippen LogP contribution >= 0.6 is 15.9 Å². The molecular weight excluding hydrogens is 358 g/mol. The second kappa shape index (κ2) is 5.93. The topological polar surface area (TPSA) is 60.8 Å². The van der Waals surface area contributed by atoms with Gasteiger partial charge in [-0.15, -0.1) is 0 Å². The van der Waals surface area contributed by atoms with Crippen molar-refractivity contribution in [3.63, 3.8) is 0 Å². The molecule has 2 aromatic carbocycles. The maximum absolute atomic E-state index is 11.8. The first-order valence-electron chi connectivity index (χ1n) is 6.95. The molecular formula is C18H14BrNO3. The van der Waals surface area contributed by atoms with Crippen LogP contribution in [0.4, 0.5) is 5.69 Å². The fraction of sp³-hybridized carbons (Fsp3) is 0.0556. The van der Waals surface area contributed by atoms with Crippen LogP contribution in [0.1, 0.15) is 22.7 Å². The molecule has 0 fully saturated rings. The Labute approximate surface area is 142 Å². The zero-order valence-corrected chi connectivity index (χ0v) is 13.7. The van der Waals surface area contributed by atoms with Crippen molar-refractivity contribution in [2.45, 2.75) is 6.04 Å². The average Bonchev–Trinajstić information content (AvgIpc) is 2.55. The third kappa shape index (κ3) is 2.64. The summed E-state index contributed by atoms with van der Waals surface area (Å²) >= 11 is 3.50. The number of hydrogen-bond acceptors (Lipinski definition) is 4. The number of carbonyl (C=O) groups excluding carboxylic acids is 1. The van der Waals surface area contributed by atoms with E-state index in [2.05, 4.69) is 22.5 Å². The van der Waals surface area contributed by atoms with E-state index in [1.165, 1.54) is 0 Å². The van der Waals surface area contributed by atoms with E-state index in [0.29, 0.717) is 5.56 Å². The largest absolute Gasteiger partial charge is 0.508 e. The number of anilines is 1. The van der Waals surface area contributed by atoms with Crippen LogP contribution in [-0.4, -0.2) is 16.5 Å². The number of phenolic OH excluding ortho intramolecular Hbond substituents is 2. The molecule has 0 saturated heterocycles. The van der Waals surface area contributed by atoms with Gasteiger partial charge in [-0.3, -0.25) is 0 Å². The van der Waals surface area contributed by atoms with Gasteiger partial charge in [0.1, 0.15) is 23.8 Å². The molecule has 5 heteroatoms. The van der Waals surface area contributed by atoms with Gasteiger partial charge in [0.25, 0.3) is 0 Å². The minimum Gasteiger partial charge on any atom is -0.508 e. The third-order valence-corrected chi connectivity index (χ3v) is 4.43. The van der Waals surface area contributed by atoms with E-state index in [0.717, 1.165) is 27.6 Å². The molecule has 0 amide bonds. The van der Waals surface area contributed by atoms with Crippen molar-refractivity contribution in [1.29, 1.82) is 0 Å².